The molecule has 2 heteroatoms. The second-order valence-electron chi connectivity index (χ2n) is 5.54. The van der Waals surface area contributed by atoms with Gasteiger partial charge in [0, 0.05) is 0 Å². The zero-order valence-corrected chi connectivity index (χ0v) is 11.2. The van der Waals surface area contributed by atoms with E-state index >= 15 is 0 Å². The van der Waals surface area contributed by atoms with E-state index < -0.39 is 0 Å². The van der Waals surface area contributed by atoms with Crippen LogP contribution in [0.25, 0.3) is 0 Å². The van der Waals surface area contributed by atoms with Gasteiger partial charge in [-0.15, -0.1) is 0 Å². The first-order valence-corrected chi connectivity index (χ1v) is 6.21. The van der Waals surface area contributed by atoms with Gasteiger partial charge in [0.25, 0.3) is 0 Å². The largest absolute Gasteiger partial charge is 0.507 e. The third-order valence-electron chi connectivity index (χ3n) is 3.01. The Balaban J connectivity index is 3.23. The first kappa shape index (κ1) is 13.8. The molecule has 17 heavy (non-hydrogen) atoms. The standard InChI is InChI=1S/C15H22O2/c1-5-6-7-11-8-13(15(2,3)4)9-12(10-16)14(11)17/h8-10,17H,5-7H2,1-4H3. The number of carbonyl (C=O) groups is 1. The molecule has 0 radical (unpaired) electrons. The third-order valence-corrected chi connectivity index (χ3v) is 3.01. The number of aryl methyl sites for hydroxylation is 1. The summed E-state index contributed by atoms with van der Waals surface area (Å²) < 4.78 is 0. The maximum absolute atomic E-state index is 11.0. The van der Waals surface area contributed by atoms with Gasteiger partial charge in [0.2, 0.25) is 0 Å². The lowest BCUT2D eigenvalue weighted by molar-refractivity contribution is 0.112. The Bertz CT molecular complexity index is 400. The zero-order chi connectivity index (χ0) is 13.1. The first-order valence-electron chi connectivity index (χ1n) is 6.21. The summed E-state index contributed by atoms with van der Waals surface area (Å²) >= 11 is 0. The van der Waals surface area contributed by atoms with E-state index in [9.17, 15) is 9.90 Å². The van der Waals surface area contributed by atoms with E-state index in [1.807, 2.05) is 6.07 Å². The molecule has 1 N–H and O–H groups in total. The Morgan fingerprint density at radius 1 is 1.29 bits per heavy atom. The predicted molar refractivity (Wildman–Crippen MR) is 70.8 cm³/mol. The number of benzene rings is 1. The van der Waals surface area contributed by atoms with Gasteiger partial charge in [-0.05, 0) is 35.4 Å². The van der Waals surface area contributed by atoms with E-state index in [-0.39, 0.29) is 11.2 Å². The quantitative estimate of drug-likeness (QED) is 0.803. The maximum Gasteiger partial charge on any atom is 0.153 e. The SMILES string of the molecule is CCCCc1cc(C(C)(C)C)cc(C=O)c1O. The van der Waals surface area contributed by atoms with Gasteiger partial charge in [-0.3, -0.25) is 4.79 Å². The van der Waals surface area contributed by atoms with Gasteiger partial charge in [0.15, 0.2) is 6.29 Å². The summed E-state index contributed by atoms with van der Waals surface area (Å²) in [6, 6.07) is 3.82. The second-order valence-corrected chi connectivity index (χ2v) is 5.54. The first-order chi connectivity index (χ1) is 7.90. The van der Waals surface area contributed by atoms with Gasteiger partial charge in [-0.2, -0.15) is 0 Å². The van der Waals surface area contributed by atoms with Gasteiger partial charge in [0.1, 0.15) is 5.75 Å². The lowest BCUT2D eigenvalue weighted by Gasteiger charge is -2.21. The summed E-state index contributed by atoms with van der Waals surface area (Å²) in [5.41, 5.74) is 2.39. The monoisotopic (exact) mass is 234 g/mol. The van der Waals surface area contributed by atoms with Crippen LogP contribution in [0, 0.1) is 0 Å². The van der Waals surface area contributed by atoms with Crippen molar-refractivity contribution < 1.29 is 9.90 Å². The highest BCUT2D eigenvalue weighted by Gasteiger charge is 2.18. The summed E-state index contributed by atoms with van der Waals surface area (Å²) in [6.07, 6.45) is 3.67. The molecule has 0 unspecified atom stereocenters. The van der Waals surface area contributed by atoms with Gasteiger partial charge in [0.05, 0.1) is 5.56 Å². The van der Waals surface area contributed by atoms with E-state index in [1.165, 1.54) is 0 Å². The Morgan fingerprint density at radius 3 is 2.41 bits per heavy atom. The van der Waals surface area contributed by atoms with Gasteiger partial charge >= 0.3 is 0 Å². The molecule has 0 aliphatic rings. The Labute approximate surface area is 104 Å². The van der Waals surface area contributed by atoms with Crippen LogP contribution in [0.3, 0.4) is 0 Å². The van der Waals surface area contributed by atoms with Crippen molar-refractivity contribution >= 4 is 6.29 Å². The van der Waals surface area contributed by atoms with Crippen molar-refractivity contribution in [1.82, 2.24) is 0 Å². The summed E-state index contributed by atoms with van der Waals surface area (Å²) in [6.45, 7) is 8.44. The highest BCUT2D eigenvalue weighted by atomic mass is 16.3. The van der Waals surface area contributed by atoms with Crippen LogP contribution in [-0.4, -0.2) is 11.4 Å². The molecule has 0 heterocycles. The molecule has 0 amide bonds. The molecule has 1 rings (SSSR count). The Kier molecular flexibility index (Phi) is 4.33. The number of hydrogen-bond donors (Lipinski definition) is 1. The summed E-state index contributed by atoms with van der Waals surface area (Å²) in [4.78, 5) is 11.0. The molecule has 0 aliphatic heterocycles. The molecular formula is C15H22O2. The number of aromatic hydroxyl groups is 1. The number of unbranched alkanes of at least 4 members (excludes halogenated alkanes) is 1. The van der Waals surface area contributed by atoms with Gasteiger partial charge < -0.3 is 5.11 Å². The summed E-state index contributed by atoms with van der Waals surface area (Å²) in [7, 11) is 0. The summed E-state index contributed by atoms with van der Waals surface area (Å²) in [5.74, 6) is 0.154. The number of rotatable bonds is 4. The van der Waals surface area contributed by atoms with E-state index in [4.69, 9.17) is 0 Å². The van der Waals surface area contributed by atoms with Crippen molar-refractivity contribution in [1.29, 1.82) is 0 Å². The molecule has 0 fully saturated rings. The lowest BCUT2D eigenvalue weighted by atomic mass is 9.84. The lowest BCUT2D eigenvalue weighted by Crippen LogP contribution is -2.12. The fraction of sp³-hybridized carbons (Fsp3) is 0.533. The minimum absolute atomic E-state index is 0.00752. The number of phenols is 1. The molecule has 1 aromatic carbocycles. The molecule has 0 atom stereocenters. The van der Waals surface area contributed by atoms with Crippen LogP contribution in [0.5, 0.6) is 5.75 Å². The van der Waals surface area contributed by atoms with Crippen molar-refractivity contribution in [2.75, 3.05) is 0 Å². The van der Waals surface area contributed by atoms with Gasteiger partial charge in [-0.1, -0.05) is 40.2 Å². The fourth-order valence-electron chi connectivity index (χ4n) is 1.80. The van der Waals surface area contributed by atoms with Crippen LogP contribution in [0.1, 0.15) is 62.0 Å². The molecular weight excluding hydrogens is 212 g/mol. The van der Waals surface area contributed by atoms with E-state index in [1.54, 1.807) is 6.07 Å². The smallest absolute Gasteiger partial charge is 0.153 e. The molecule has 1 aromatic rings. The zero-order valence-electron chi connectivity index (χ0n) is 11.2. The van der Waals surface area contributed by atoms with Crippen molar-refractivity contribution in [2.45, 2.75) is 52.4 Å². The van der Waals surface area contributed by atoms with Crippen LogP contribution in [0.2, 0.25) is 0 Å². The minimum Gasteiger partial charge on any atom is -0.507 e. The number of carbonyl (C=O) groups excluding carboxylic acids is 1. The third kappa shape index (κ3) is 3.32. The van der Waals surface area contributed by atoms with Crippen LogP contribution in [0.15, 0.2) is 12.1 Å². The Morgan fingerprint density at radius 2 is 1.94 bits per heavy atom. The van der Waals surface area contributed by atoms with Crippen molar-refractivity contribution in [2.24, 2.45) is 0 Å². The van der Waals surface area contributed by atoms with E-state index in [0.717, 1.165) is 36.7 Å². The molecule has 0 saturated carbocycles. The molecule has 0 aromatic heterocycles. The van der Waals surface area contributed by atoms with Gasteiger partial charge in [-0.25, -0.2) is 0 Å². The van der Waals surface area contributed by atoms with Crippen molar-refractivity contribution in [3.05, 3.63) is 28.8 Å². The highest BCUT2D eigenvalue weighted by molar-refractivity contribution is 5.80. The number of phenolic OH excluding ortho intramolecular Hbond substituents is 1. The molecule has 2 nitrogen and oxygen atoms in total. The van der Waals surface area contributed by atoms with Crippen LogP contribution in [0.4, 0.5) is 0 Å². The van der Waals surface area contributed by atoms with E-state index in [2.05, 4.69) is 27.7 Å². The average Bonchev–Trinajstić information content (AvgIpc) is 2.26. The predicted octanol–water partition coefficient (Wildman–Crippen LogP) is 3.84. The second kappa shape index (κ2) is 5.35. The highest BCUT2D eigenvalue weighted by Crippen LogP contribution is 2.31. The molecule has 0 saturated heterocycles. The van der Waals surface area contributed by atoms with Crippen LogP contribution in [-0.2, 0) is 11.8 Å². The van der Waals surface area contributed by atoms with Crippen molar-refractivity contribution in [3.63, 3.8) is 0 Å². The minimum atomic E-state index is -0.00752. The van der Waals surface area contributed by atoms with E-state index in [0.29, 0.717) is 5.56 Å². The number of aldehydes is 1. The van der Waals surface area contributed by atoms with Crippen LogP contribution >= 0.6 is 0 Å². The fourth-order valence-corrected chi connectivity index (χ4v) is 1.80. The van der Waals surface area contributed by atoms with Crippen molar-refractivity contribution in [3.8, 4) is 5.75 Å². The molecule has 94 valence electrons. The van der Waals surface area contributed by atoms with Crippen LogP contribution < -0.4 is 0 Å². The average molecular weight is 234 g/mol. The topological polar surface area (TPSA) is 37.3 Å². The number of hydrogen-bond acceptors (Lipinski definition) is 2. The normalized spacial score (nSPS) is 11.5. The molecule has 0 bridgehead atoms. The maximum atomic E-state index is 11.0. The summed E-state index contributed by atoms with van der Waals surface area (Å²) in [5, 5.41) is 9.97. The molecule has 0 spiro atoms. The Hall–Kier alpha value is -1.31. The molecule has 0 aliphatic carbocycles.